The van der Waals surface area contributed by atoms with Gasteiger partial charge in [0.1, 0.15) is 11.9 Å². The molecule has 1 aromatic heterocycles. The van der Waals surface area contributed by atoms with Gasteiger partial charge in [-0.15, -0.1) is 5.10 Å². The topological polar surface area (TPSA) is 153 Å². The van der Waals surface area contributed by atoms with Crippen LogP contribution in [0.5, 0.6) is 0 Å². The van der Waals surface area contributed by atoms with Gasteiger partial charge in [-0.1, -0.05) is 12.1 Å². The normalized spacial score (nSPS) is 10.4. The SMILES string of the molecule is CC(=O)Nc1cc(-n2nc(C#N)c(=O)n(Cc3ccc([N+](=O)[O-])cc3)c2=O)ccc1F. The van der Waals surface area contributed by atoms with Crippen LogP contribution in [-0.4, -0.2) is 25.2 Å². The van der Waals surface area contributed by atoms with Gasteiger partial charge < -0.3 is 5.32 Å². The van der Waals surface area contributed by atoms with Crippen molar-refractivity contribution >= 4 is 17.3 Å². The average molecular weight is 424 g/mol. The number of carbonyl (C=O) groups is 1. The highest BCUT2D eigenvalue weighted by Crippen LogP contribution is 2.18. The number of non-ortho nitro benzene ring substituents is 1. The first-order chi connectivity index (χ1) is 14.7. The third-order valence-electron chi connectivity index (χ3n) is 4.16. The van der Waals surface area contributed by atoms with Crippen molar-refractivity contribution in [2.24, 2.45) is 0 Å². The van der Waals surface area contributed by atoms with Gasteiger partial charge in [0.05, 0.1) is 22.8 Å². The number of carbonyl (C=O) groups excluding carboxylic acids is 1. The zero-order chi connectivity index (χ0) is 22.7. The van der Waals surface area contributed by atoms with Gasteiger partial charge in [0, 0.05) is 19.1 Å². The molecule has 0 fully saturated rings. The van der Waals surface area contributed by atoms with E-state index in [4.69, 9.17) is 0 Å². The van der Waals surface area contributed by atoms with Crippen molar-refractivity contribution in [3.05, 3.63) is 90.5 Å². The van der Waals surface area contributed by atoms with E-state index < -0.39 is 33.6 Å². The zero-order valence-corrected chi connectivity index (χ0v) is 15.9. The summed E-state index contributed by atoms with van der Waals surface area (Å²) in [7, 11) is 0. The van der Waals surface area contributed by atoms with Crippen molar-refractivity contribution in [2.75, 3.05) is 5.32 Å². The lowest BCUT2D eigenvalue weighted by molar-refractivity contribution is -0.384. The maximum atomic E-state index is 13.9. The Morgan fingerprint density at radius 3 is 2.52 bits per heavy atom. The van der Waals surface area contributed by atoms with E-state index in [-0.39, 0.29) is 23.6 Å². The summed E-state index contributed by atoms with van der Waals surface area (Å²) in [6.07, 6.45) is 0. The summed E-state index contributed by atoms with van der Waals surface area (Å²) < 4.78 is 15.4. The second-order valence-electron chi connectivity index (χ2n) is 6.31. The summed E-state index contributed by atoms with van der Waals surface area (Å²) in [5.74, 6) is -1.30. The molecule has 0 bridgehead atoms. The zero-order valence-electron chi connectivity index (χ0n) is 15.9. The Hall–Kier alpha value is -4.66. The number of nitro benzene ring substituents is 1. The summed E-state index contributed by atoms with van der Waals surface area (Å²) in [4.78, 5) is 46.9. The lowest BCUT2D eigenvalue weighted by Crippen LogP contribution is -2.42. The van der Waals surface area contributed by atoms with Crippen LogP contribution in [0, 0.1) is 27.3 Å². The number of anilines is 1. The number of rotatable bonds is 5. The number of aromatic nitrogens is 3. The van der Waals surface area contributed by atoms with Crippen LogP contribution in [-0.2, 0) is 11.3 Å². The van der Waals surface area contributed by atoms with E-state index in [0.29, 0.717) is 5.56 Å². The van der Waals surface area contributed by atoms with Crippen LogP contribution >= 0.6 is 0 Å². The van der Waals surface area contributed by atoms with E-state index >= 15 is 0 Å². The smallest absolute Gasteiger partial charge is 0.324 e. The van der Waals surface area contributed by atoms with Crippen molar-refractivity contribution in [3.63, 3.8) is 0 Å². The maximum absolute atomic E-state index is 13.9. The highest BCUT2D eigenvalue weighted by atomic mass is 19.1. The molecule has 0 aliphatic carbocycles. The highest BCUT2D eigenvalue weighted by molar-refractivity contribution is 5.89. The van der Waals surface area contributed by atoms with Crippen LogP contribution in [0.25, 0.3) is 5.69 Å². The quantitative estimate of drug-likeness (QED) is 0.479. The average Bonchev–Trinajstić information content (AvgIpc) is 2.73. The van der Waals surface area contributed by atoms with Crippen molar-refractivity contribution in [3.8, 4) is 11.8 Å². The van der Waals surface area contributed by atoms with Gasteiger partial charge in [-0.05, 0) is 23.8 Å². The summed E-state index contributed by atoms with van der Waals surface area (Å²) in [5, 5.41) is 26.0. The fourth-order valence-corrected chi connectivity index (χ4v) is 2.73. The molecule has 1 N–H and O–H groups in total. The van der Waals surface area contributed by atoms with Crippen molar-refractivity contribution < 1.29 is 14.1 Å². The highest BCUT2D eigenvalue weighted by Gasteiger charge is 2.16. The van der Waals surface area contributed by atoms with Crippen LogP contribution in [0.1, 0.15) is 18.2 Å². The molecular formula is C19H13FN6O5. The molecule has 1 amide bonds. The fourth-order valence-electron chi connectivity index (χ4n) is 2.73. The van der Waals surface area contributed by atoms with Crippen LogP contribution in [0.4, 0.5) is 15.8 Å². The van der Waals surface area contributed by atoms with Crippen LogP contribution in [0.2, 0.25) is 0 Å². The Labute approximate surface area is 172 Å². The van der Waals surface area contributed by atoms with Gasteiger partial charge in [0.15, 0.2) is 0 Å². The molecule has 2 aromatic carbocycles. The molecule has 0 unspecified atom stereocenters. The number of nitrogens with zero attached hydrogens (tertiary/aromatic N) is 5. The van der Waals surface area contributed by atoms with Gasteiger partial charge in [0.25, 0.3) is 11.2 Å². The molecule has 1 heterocycles. The second-order valence-corrected chi connectivity index (χ2v) is 6.31. The number of amides is 1. The monoisotopic (exact) mass is 424 g/mol. The first-order valence-corrected chi connectivity index (χ1v) is 8.66. The van der Waals surface area contributed by atoms with Gasteiger partial charge in [-0.3, -0.25) is 24.3 Å². The molecule has 3 aromatic rings. The van der Waals surface area contributed by atoms with E-state index in [1.54, 1.807) is 6.07 Å². The van der Waals surface area contributed by atoms with Gasteiger partial charge in [0.2, 0.25) is 11.6 Å². The number of hydrogen-bond acceptors (Lipinski definition) is 7. The molecule has 0 saturated carbocycles. The molecule has 0 aliphatic rings. The number of nitrogens with one attached hydrogen (secondary N) is 1. The predicted octanol–water partition coefficient (Wildman–Crippen LogP) is 1.32. The molecule has 31 heavy (non-hydrogen) atoms. The second kappa shape index (κ2) is 8.37. The Morgan fingerprint density at radius 1 is 1.26 bits per heavy atom. The minimum absolute atomic E-state index is 0.00380. The van der Waals surface area contributed by atoms with Crippen molar-refractivity contribution in [1.82, 2.24) is 14.3 Å². The molecule has 0 aliphatic heterocycles. The van der Waals surface area contributed by atoms with Crippen LogP contribution in [0.3, 0.4) is 0 Å². The molecule has 12 heteroatoms. The minimum Gasteiger partial charge on any atom is -0.324 e. The van der Waals surface area contributed by atoms with Gasteiger partial charge in [-0.2, -0.15) is 9.94 Å². The molecule has 11 nitrogen and oxygen atoms in total. The van der Waals surface area contributed by atoms with Crippen LogP contribution in [0.15, 0.2) is 52.1 Å². The number of nitriles is 1. The third kappa shape index (κ3) is 4.35. The molecule has 0 spiro atoms. The number of hydrogen-bond donors (Lipinski definition) is 1. The number of nitro groups is 1. The molecule has 3 rings (SSSR count). The third-order valence-corrected chi connectivity index (χ3v) is 4.16. The fraction of sp³-hybridized carbons (Fsp3) is 0.105. The predicted molar refractivity (Wildman–Crippen MR) is 105 cm³/mol. The largest absolute Gasteiger partial charge is 0.352 e. The molecule has 0 atom stereocenters. The Kier molecular flexibility index (Phi) is 5.69. The Morgan fingerprint density at radius 2 is 1.94 bits per heavy atom. The van der Waals surface area contributed by atoms with Gasteiger partial charge in [-0.25, -0.2) is 9.18 Å². The van der Waals surface area contributed by atoms with E-state index in [0.717, 1.165) is 21.4 Å². The first-order valence-electron chi connectivity index (χ1n) is 8.66. The summed E-state index contributed by atoms with van der Waals surface area (Å²) in [5.41, 5.74) is -2.46. The molecule has 156 valence electrons. The van der Waals surface area contributed by atoms with E-state index in [1.165, 1.54) is 37.3 Å². The van der Waals surface area contributed by atoms with Crippen LogP contribution < -0.4 is 16.6 Å². The lowest BCUT2D eigenvalue weighted by atomic mass is 10.2. The molecule has 0 radical (unpaired) electrons. The van der Waals surface area contributed by atoms with Crippen molar-refractivity contribution in [1.29, 1.82) is 5.26 Å². The van der Waals surface area contributed by atoms with E-state index in [1.807, 2.05) is 0 Å². The van der Waals surface area contributed by atoms with E-state index in [2.05, 4.69) is 10.4 Å². The van der Waals surface area contributed by atoms with Gasteiger partial charge >= 0.3 is 5.69 Å². The Bertz CT molecular complexity index is 1350. The van der Waals surface area contributed by atoms with Crippen molar-refractivity contribution in [2.45, 2.75) is 13.5 Å². The minimum atomic E-state index is -0.953. The lowest BCUT2D eigenvalue weighted by Gasteiger charge is -2.12. The molecule has 0 saturated heterocycles. The molecular weight excluding hydrogens is 411 g/mol. The standard InChI is InChI=1S/C19H13FN6O5/c1-11(27)22-16-8-14(6-7-15(16)20)25-19(29)24(18(28)17(9-21)23-25)10-12-2-4-13(5-3-12)26(30)31/h2-8H,10H2,1H3,(H,22,27). The Balaban J connectivity index is 2.13. The first kappa shape index (κ1) is 21.1. The summed E-state index contributed by atoms with van der Waals surface area (Å²) in [6.45, 7) is 0.890. The van der Waals surface area contributed by atoms with E-state index in [9.17, 15) is 34.2 Å². The number of halogens is 1. The number of benzene rings is 2. The summed E-state index contributed by atoms with van der Waals surface area (Å²) >= 11 is 0. The maximum Gasteiger partial charge on any atom is 0.352 e. The summed E-state index contributed by atoms with van der Waals surface area (Å²) in [6, 6.07) is 10.1.